The van der Waals surface area contributed by atoms with Crippen molar-refractivity contribution in [2.45, 2.75) is 11.7 Å². The van der Waals surface area contributed by atoms with Crippen LogP contribution in [0.15, 0.2) is 24.3 Å². The SMILES string of the molecule is O=C(NCC1CSCCS1)C1CNc2ccccc2C1. The van der Waals surface area contributed by atoms with Crippen molar-refractivity contribution in [1.29, 1.82) is 0 Å². The molecule has 2 unspecified atom stereocenters. The summed E-state index contributed by atoms with van der Waals surface area (Å²) in [6.45, 7) is 1.56. The molecule has 0 radical (unpaired) electrons. The summed E-state index contributed by atoms with van der Waals surface area (Å²) in [6.07, 6.45) is 0.849. The summed E-state index contributed by atoms with van der Waals surface area (Å²) >= 11 is 3.99. The highest BCUT2D eigenvalue weighted by atomic mass is 32.2. The van der Waals surface area contributed by atoms with Crippen molar-refractivity contribution in [1.82, 2.24) is 5.32 Å². The maximum absolute atomic E-state index is 12.3. The van der Waals surface area contributed by atoms with Crippen LogP contribution in [0, 0.1) is 5.92 Å². The summed E-state index contributed by atoms with van der Waals surface area (Å²) < 4.78 is 0. The molecule has 1 aromatic rings. The molecule has 2 N–H and O–H groups in total. The van der Waals surface area contributed by atoms with Gasteiger partial charge in [-0.05, 0) is 18.1 Å². The second-order valence-electron chi connectivity index (χ2n) is 5.25. The molecule has 0 aliphatic carbocycles. The van der Waals surface area contributed by atoms with E-state index in [-0.39, 0.29) is 11.8 Å². The van der Waals surface area contributed by atoms with Crippen LogP contribution >= 0.6 is 23.5 Å². The van der Waals surface area contributed by atoms with Gasteiger partial charge in [-0.2, -0.15) is 23.5 Å². The van der Waals surface area contributed by atoms with E-state index in [0.29, 0.717) is 5.25 Å². The largest absolute Gasteiger partial charge is 0.384 e. The zero-order valence-electron chi connectivity index (χ0n) is 11.4. The van der Waals surface area contributed by atoms with Crippen LogP contribution in [0.2, 0.25) is 0 Å². The second kappa shape index (κ2) is 6.76. The van der Waals surface area contributed by atoms with E-state index in [0.717, 1.165) is 25.3 Å². The van der Waals surface area contributed by atoms with Crippen LogP contribution in [0.25, 0.3) is 0 Å². The lowest BCUT2D eigenvalue weighted by atomic mass is 9.93. The van der Waals surface area contributed by atoms with Gasteiger partial charge in [0.15, 0.2) is 0 Å². The Morgan fingerprint density at radius 1 is 1.35 bits per heavy atom. The molecule has 108 valence electrons. The van der Waals surface area contributed by atoms with Gasteiger partial charge < -0.3 is 10.6 Å². The average Bonchev–Trinajstić information content (AvgIpc) is 2.53. The van der Waals surface area contributed by atoms with Crippen molar-refractivity contribution >= 4 is 35.1 Å². The Hall–Kier alpha value is -0.810. The van der Waals surface area contributed by atoms with E-state index in [1.165, 1.54) is 22.8 Å². The number of hydrogen-bond donors (Lipinski definition) is 2. The number of hydrogen-bond acceptors (Lipinski definition) is 4. The highest BCUT2D eigenvalue weighted by molar-refractivity contribution is 8.06. The van der Waals surface area contributed by atoms with Crippen molar-refractivity contribution in [3.8, 4) is 0 Å². The number of carbonyl (C=O) groups is 1. The zero-order valence-corrected chi connectivity index (χ0v) is 13.1. The molecule has 1 saturated heterocycles. The van der Waals surface area contributed by atoms with Gasteiger partial charge in [-0.25, -0.2) is 0 Å². The van der Waals surface area contributed by atoms with Crippen LogP contribution in [0.5, 0.6) is 0 Å². The number of rotatable bonds is 3. The van der Waals surface area contributed by atoms with E-state index in [1.807, 2.05) is 35.7 Å². The Morgan fingerprint density at radius 3 is 3.10 bits per heavy atom. The van der Waals surface area contributed by atoms with Gasteiger partial charge in [-0.15, -0.1) is 0 Å². The van der Waals surface area contributed by atoms with E-state index in [4.69, 9.17) is 0 Å². The van der Waals surface area contributed by atoms with Crippen molar-refractivity contribution in [3.63, 3.8) is 0 Å². The molecule has 2 atom stereocenters. The molecule has 2 aliphatic heterocycles. The topological polar surface area (TPSA) is 41.1 Å². The fraction of sp³-hybridized carbons (Fsp3) is 0.533. The molecule has 3 nitrogen and oxygen atoms in total. The van der Waals surface area contributed by atoms with Crippen molar-refractivity contribution in [2.24, 2.45) is 5.92 Å². The molecule has 1 aromatic carbocycles. The molecule has 0 spiro atoms. The van der Waals surface area contributed by atoms with E-state index in [9.17, 15) is 4.79 Å². The van der Waals surface area contributed by atoms with E-state index in [1.54, 1.807) is 0 Å². The second-order valence-corrected chi connectivity index (χ2v) is 7.81. The van der Waals surface area contributed by atoms with Crippen LogP contribution in [0.3, 0.4) is 0 Å². The van der Waals surface area contributed by atoms with Gasteiger partial charge in [0, 0.05) is 41.3 Å². The Bertz CT molecular complexity index is 475. The molecule has 0 bridgehead atoms. The third-order valence-electron chi connectivity index (χ3n) is 3.78. The van der Waals surface area contributed by atoms with Gasteiger partial charge in [0.25, 0.3) is 0 Å². The summed E-state index contributed by atoms with van der Waals surface area (Å²) in [7, 11) is 0. The number of nitrogens with one attached hydrogen (secondary N) is 2. The first-order chi connectivity index (χ1) is 9.83. The standard InChI is InChI=1S/C15H20N2OS2/c18-15(17-9-13-10-19-5-6-20-13)12-7-11-3-1-2-4-14(11)16-8-12/h1-4,12-13,16H,5-10H2,(H,17,18). The molecule has 2 heterocycles. The van der Waals surface area contributed by atoms with Gasteiger partial charge in [-0.1, -0.05) is 18.2 Å². The lowest BCUT2D eigenvalue weighted by Crippen LogP contribution is -2.41. The van der Waals surface area contributed by atoms with Gasteiger partial charge in [0.05, 0.1) is 5.92 Å². The lowest BCUT2D eigenvalue weighted by molar-refractivity contribution is -0.124. The molecule has 1 fully saturated rings. The Balaban J connectivity index is 1.51. The minimum absolute atomic E-state index is 0.0612. The normalized spacial score (nSPS) is 25.4. The quantitative estimate of drug-likeness (QED) is 0.898. The van der Waals surface area contributed by atoms with Crippen LogP contribution in [-0.2, 0) is 11.2 Å². The molecular formula is C15H20N2OS2. The highest BCUT2D eigenvalue weighted by Crippen LogP contribution is 2.25. The molecule has 3 rings (SSSR count). The maximum atomic E-state index is 12.3. The Labute approximate surface area is 128 Å². The summed E-state index contributed by atoms with van der Waals surface area (Å²) in [5.74, 6) is 3.88. The summed E-state index contributed by atoms with van der Waals surface area (Å²) in [5.41, 5.74) is 2.43. The third kappa shape index (κ3) is 3.44. The van der Waals surface area contributed by atoms with Crippen LogP contribution < -0.4 is 10.6 Å². The van der Waals surface area contributed by atoms with E-state index >= 15 is 0 Å². The average molecular weight is 308 g/mol. The number of benzene rings is 1. The summed E-state index contributed by atoms with van der Waals surface area (Å²) in [5, 5.41) is 7.09. The van der Waals surface area contributed by atoms with Gasteiger partial charge >= 0.3 is 0 Å². The molecule has 1 amide bonds. The first-order valence-corrected chi connectivity index (χ1v) is 9.32. The maximum Gasteiger partial charge on any atom is 0.225 e. The number of fused-ring (bicyclic) bond motifs is 1. The minimum atomic E-state index is 0.0612. The summed E-state index contributed by atoms with van der Waals surface area (Å²) in [6, 6.07) is 8.26. The van der Waals surface area contributed by atoms with E-state index < -0.39 is 0 Å². The molecule has 20 heavy (non-hydrogen) atoms. The number of thioether (sulfide) groups is 2. The predicted octanol–water partition coefficient (Wildman–Crippen LogP) is 2.24. The molecule has 0 saturated carbocycles. The number of para-hydroxylation sites is 1. The van der Waals surface area contributed by atoms with Crippen LogP contribution in [0.4, 0.5) is 5.69 Å². The van der Waals surface area contributed by atoms with Gasteiger partial charge in [-0.3, -0.25) is 4.79 Å². The Morgan fingerprint density at radius 2 is 2.25 bits per heavy atom. The first-order valence-electron chi connectivity index (χ1n) is 7.12. The summed E-state index contributed by atoms with van der Waals surface area (Å²) in [4.78, 5) is 12.3. The molecule has 5 heteroatoms. The lowest BCUT2D eigenvalue weighted by Gasteiger charge is -2.27. The number of amides is 1. The smallest absolute Gasteiger partial charge is 0.225 e. The van der Waals surface area contributed by atoms with Gasteiger partial charge in [0.1, 0.15) is 0 Å². The van der Waals surface area contributed by atoms with Crippen molar-refractivity contribution < 1.29 is 4.79 Å². The highest BCUT2D eigenvalue weighted by Gasteiger charge is 2.25. The van der Waals surface area contributed by atoms with E-state index in [2.05, 4.69) is 22.8 Å². The van der Waals surface area contributed by atoms with Crippen LogP contribution in [0.1, 0.15) is 5.56 Å². The number of anilines is 1. The predicted molar refractivity (Wildman–Crippen MR) is 88.7 cm³/mol. The fourth-order valence-corrected chi connectivity index (χ4v) is 5.25. The number of carbonyl (C=O) groups excluding carboxylic acids is 1. The van der Waals surface area contributed by atoms with Gasteiger partial charge in [0.2, 0.25) is 5.91 Å². The molecular weight excluding hydrogens is 288 g/mol. The van der Waals surface area contributed by atoms with Crippen molar-refractivity contribution in [3.05, 3.63) is 29.8 Å². The van der Waals surface area contributed by atoms with Crippen LogP contribution in [-0.4, -0.2) is 41.5 Å². The first kappa shape index (κ1) is 14.1. The Kier molecular flexibility index (Phi) is 4.78. The molecule has 2 aliphatic rings. The van der Waals surface area contributed by atoms with Crippen molar-refractivity contribution in [2.75, 3.05) is 35.7 Å². The monoisotopic (exact) mass is 308 g/mol. The zero-order chi connectivity index (χ0) is 13.8. The minimum Gasteiger partial charge on any atom is -0.384 e. The molecule has 0 aromatic heterocycles. The fourth-order valence-electron chi connectivity index (χ4n) is 2.64. The third-order valence-corrected chi connectivity index (χ3v) is 6.63.